The molecule has 1 rings (SSSR count). The average Bonchev–Trinajstić information content (AvgIpc) is 2.97. The van der Waals surface area contributed by atoms with Crippen LogP contribution in [0.3, 0.4) is 0 Å². The Bertz CT molecular complexity index is 404. The van der Waals surface area contributed by atoms with Crippen molar-refractivity contribution in [3.05, 3.63) is 0 Å². The highest BCUT2D eigenvalue weighted by atomic mass is 19.4. The van der Waals surface area contributed by atoms with E-state index in [1.165, 1.54) is 0 Å². The Morgan fingerprint density at radius 1 is 0.840 bits per heavy atom. The van der Waals surface area contributed by atoms with Gasteiger partial charge in [-0.1, -0.05) is 6.42 Å². The van der Waals surface area contributed by atoms with Crippen LogP contribution in [-0.2, 0) is 9.47 Å². The highest BCUT2D eigenvalue weighted by Gasteiger charge is 2.81. The highest BCUT2D eigenvalue weighted by Crippen LogP contribution is 2.54. The Balaban J connectivity index is 2.34. The fraction of sp³-hybridized carbons (Fsp3) is 1.00. The van der Waals surface area contributed by atoms with Crippen LogP contribution in [0.25, 0.3) is 0 Å². The van der Waals surface area contributed by atoms with Gasteiger partial charge in [-0.25, -0.2) is 0 Å². The van der Waals surface area contributed by atoms with Gasteiger partial charge in [0, 0.05) is 19.6 Å². The first-order chi connectivity index (χ1) is 11.3. The molecule has 1 heterocycles. The molecule has 0 saturated carbocycles. The fourth-order valence-corrected chi connectivity index (χ4v) is 2.28. The molecule has 150 valence electrons. The topological polar surface area (TPSA) is 18.5 Å². The summed E-state index contributed by atoms with van der Waals surface area (Å²) in [4.78, 5) is 0. The molecule has 1 unspecified atom stereocenters. The van der Waals surface area contributed by atoms with Crippen LogP contribution >= 0.6 is 0 Å². The van der Waals surface area contributed by atoms with Gasteiger partial charge in [0.25, 0.3) is 0 Å². The summed E-state index contributed by atoms with van der Waals surface area (Å²) < 4.78 is 124. The number of ether oxygens (including phenoxy) is 2. The summed E-state index contributed by atoms with van der Waals surface area (Å²) in [5.41, 5.74) is 0. The molecule has 0 aliphatic carbocycles. The van der Waals surface area contributed by atoms with E-state index < -0.39 is 36.8 Å². The van der Waals surface area contributed by atoms with Crippen LogP contribution in [0.15, 0.2) is 0 Å². The molecule has 0 aromatic carbocycles. The molecule has 1 aliphatic rings. The molecule has 2 nitrogen and oxygen atoms in total. The van der Waals surface area contributed by atoms with Crippen LogP contribution in [0.4, 0.5) is 39.5 Å². The van der Waals surface area contributed by atoms with E-state index in [1.54, 1.807) is 0 Å². The zero-order valence-electron chi connectivity index (χ0n) is 13.2. The van der Waals surface area contributed by atoms with Crippen LogP contribution < -0.4 is 0 Å². The molecule has 1 aliphatic heterocycles. The minimum absolute atomic E-state index is 0.0485. The number of rotatable bonds is 10. The second-order valence-corrected chi connectivity index (χ2v) is 5.87. The first kappa shape index (κ1) is 22.3. The van der Waals surface area contributed by atoms with Crippen molar-refractivity contribution in [2.75, 3.05) is 19.8 Å². The third-order valence-corrected chi connectivity index (χ3v) is 3.82. The standard InChI is InChI=1S/C14H19F9O2/c15-11(16,12(17,18)13(19,20)14(21,22)23)6-2-1-3-7-24-9-10-5-4-8-25-10/h10H,1-9H2. The lowest BCUT2D eigenvalue weighted by Gasteiger charge is -2.33. The van der Waals surface area contributed by atoms with Crippen LogP contribution in [-0.4, -0.2) is 49.9 Å². The summed E-state index contributed by atoms with van der Waals surface area (Å²) in [6, 6.07) is 0. The van der Waals surface area contributed by atoms with E-state index in [-0.39, 0.29) is 25.6 Å². The Hall–Kier alpha value is -0.710. The van der Waals surface area contributed by atoms with Crippen molar-refractivity contribution in [1.82, 2.24) is 0 Å². The quantitative estimate of drug-likeness (QED) is 0.377. The molecule has 0 radical (unpaired) electrons. The lowest BCUT2D eigenvalue weighted by Crippen LogP contribution is -2.60. The second kappa shape index (κ2) is 8.32. The third-order valence-electron chi connectivity index (χ3n) is 3.82. The summed E-state index contributed by atoms with van der Waals surface area (Å²) >= 11 is 0. The van der Waals surface area contributed by atoms with Crippen molar-refractivity contribution in [1.29, 1.82) is 0 Å². The normalized spacial score (nSPS) is 20.3. The van der Waals surface area contributed by atoms with Crippen molar-refractivity contribution >= 4 is 0 Å². The summed E-state index contributed by atoms with van der Waals surface area (Å²) in [5, 5.41) is 0. The molecule has 0 spiro atoms. The highest BCUT2D eigenvalue weighted by molar-refractivity contribution is 5.00. The van der Waals surface area contributed by atoms with Crippen LogP contribution in [0.5, 0.6) is 0 Å². The Morgan fingerprint density at radius 2 is 1.48 bits per heavy atom. The predicted octanol–water partition coefficient (Wildman–Crippen LogP) is 5.21. The molecular weight excluding hydrogens is 371 g/mol. The first-order valence-electron chi connectivity index (χ1n) is 7.72. The van der Waals surface area contributed by atoms with Crippen LogP contribution in [0.2, 0.25) is 0 Å². The molecule has 0 aromatic heterocycles. The molecule has 0 aromatic rings. The Morgan fingerprint density at radius 3 is 2.00 bits per heavy atom. The van der Waals surface area contributed by atoms with E-state index in [9.17, 15) is 39.5 Å². The van der Waals surface area contributed by atoms with Gasteiger partial charge in [-0.05, 0) is 25.7 Å². The van der Waals surface area contributed by atoms with Crippen molar-refractivity contribution < 1.29 is 49.0 Å². The number of hydrogen-bond acceptors (Lipinski definition) is 2. The minimum Gasteiger partial charge on any atom is -0.379 e. The van der Waals surface area contributed by atoms with Gasteiger partial charge < -0.3 is 9.47 Å². The number of hydrogen-bond donors (Lipinski definition) is 0. The minimum atomic E-state index is -6.81. The SMILES string of the molecule is FC(F)(F)C(F)(F)C(F)(F)C(F)(F)CCCCCOCC1CCCO1. The van der Waals surface area contributed by atoms with Gasteiger partial charge in [0.15, 0.2) is 0 Å². The van der Waals surface area contributed by atoms with Gasteiger partial charge >= 0.3 is 23.9 Å². The molecule has 25 heavy (non-hydrogen) atoms. The van der Waals surface area contributed by atoms with Crippen molar-refractivity contribution in [2.24, 2.45) is 0 Å². The van der Waals surface area contributed by atoms with Crippen molar-refractivity contribution in [3.63, 3.8) is 0 Å². The molecule has 1 fully saturated rings. The van der Waals surface area contributed by atoms with E-state index in [0.717, 1.165) is 12.8 Å². The molecular formula is C14H19F9O2. The van der Waals surface area contributed by atoms with Crippen molar-refractivity contribution in [3.8, 4) is 0 Å². The maximum Gasteiger partial charge on any atom is 0.460 e. The molecule has 11 heteroatoms. The zero-order valence-corrected chi connectivity index (χ0v) is 13.2. The van der Waals surface area contributed by atoms with Gasteiger partial charge in [0.1, 0.15) is 0 Å². The Labute approximate surface area is 138 Å². The van der Waals surface area contributed by atoms with E-state index in [1.807, 2.05) is 0 Å². The smallest absolute Gasteiger partial charge is 0.379 e. The second-order valence-electron chi connectivity index (χ2n) is 5.87. The van der Waals surface area contributed by atoms with Gasteiger partial charge in [-0.15, -0.1) is 0 Å². The summed E-state index contributed by atoms with van der Waals surface area (Å²) in [6.07, 6.45) is -7.40. The largest absolute Gasteiger partial charge is 0.460 e. The molecule has 0 N–H and O–H groups in total. The van der Waals surface area contributed by atoms with E-state index in [4.69, 9.17) is 9.47 Å². The summed E-state index contributed by atoms with van der Waals surface area (Å²) in [7, 11) is 0. The summed E-state index contributed by atoms with van der Waals surface area (Å²) in [5.74, 6) is -18.8. The van der Waals surface area contributed by atoms with Gasteiger partial charge in [-0.3, -0.25) is 0 Å². The van der Waals surface area contributed by atoms with Crippen LogP contribution in [0, 0.1) is 0 Å². The monoisotopic (exact) mass is 390 g/mol. The van der Waals surface area contributed by atoms with Crippen molar-refractivity contribution in [2.45, 2.75) is 68.6 Å². The first-order valence-corrected chi connectivity index (χ1v) is 7.72. The van der Waals surface area contributed by atoms with Gasteiger partial charge in [-0.2, -0.15) is 39.5 Å². The lowest BCUT2D eigenvalue weighted by atomic mass is 9.98. The number of unbranched alkanes of at least 4 members (excludes halogenated alkanes) is 2. The number of halogens is 9. The van der Waals surface area contributed by atoms with E-state index in [0.29, 0.717) is 13.2 Å². The van der Waals surface area contributed by atoms with E-state index >= 15 is 0 Å². The maximum absolute atomic E-state index is 13.2. The third kappa shape index (κ3) is 5.38. The van der Waals surface area contributed by atoms with E-state index in [2.05, 4.69) is 0 Å². The molecule has 0 amide bonds. The number of alkyl halides is 9. The maximum atomic E-state index is 13.2. The zero-order chi connectivity index (χ0) is 19.4. The van der Waals surface area contributed by atoms with Gasteiger partial charge in [0.05, 0.1) is 12.7 Å². The predicted molar refractivity (Wildman–Crippen MR) is 69.2 cm³/mol. The van der Waals surface area contributed by atoms with Crippen LogP contribution in [0.1, 0.15) is 38.5 Å². The molecule has 0 bridgehead atoms. The lowest BCUT2D eigenvalue weighted by molar-refractivity contribution is -0.396. The van der Waals surface area contributed by atoms with Gasteiger partial charge in [0.2, 0.25) is 0 Å². The fourth-order valence-electron chi connectivity index (χ4n) is 2.28. The molecule has 1 saturated heterocycles. The summed E-state index contributed by atoms with van der Waals surface area (Å²) in [6.45, 7) is 1.05. The molecule has 1 atom stereocenters. The Kier molecular flexibility index (Phi) is 7.43. The average molecular weight is 390 g/mol.